The van der Waals surface area contributed by atoms with Crippen molar-refractivity contribution in [3.8, 4) is 5.75 Å². The van der Waals surface area contributed by atoms with Gasteiger partial charge in [0, 0.05) is 29.4 Å². The average Bonchev–Trinajstić information content (AvgIpc) is 2.97. The number of aromatic nitrogens is 3. The van der Waals surface area contributed by atoms with Gasteiger partial charge in [0.2, 0.25) is 0 Å². The van der Waals surface area contributed by atoms with Gasteiger partial charge in [0.1, 0.15) is 11.4 Å². The Kier molecular flexibility index (Phi) is 4.20. The van der Waals surface area contributed by atoms with Gasteiger partial charge in [-0.2, -0.15) is 5.10 Å². The molecule has 1 aromatic carbocycles. The van der Waals surface area contributed by atoms with E-state index in [-0.39, 0.29) is 11.9 Å². The summed E-state index contributed by atoms with van der Waals surface area (Å²) in [6.45, 7) is 5.98. The fourth-order valence-corrected chi connectivity index (χ4v) is 2.46. The summed E-state index contributed by atoms with van der Waals surface area (Å²) in [4.78, 5) is 16.7. The minimum Gasteiger partial charge on any atom is -0.494 e. The molecule has 1 N–H and O–H groups in total. The van der Waals surface area contributed by atoms with Gasteiger partial charge in [0.15, 0.2) is 0 Å². The molecule has 0 aliphatic rings. The van der Waals surface area contributed by atoms with Crippen LogP contribution < -0.4 is 10.1 Å². The second kappa shape index (κ2) is 6.31. The lowest BCUT2D eigenvalue weighted by Gasteiger charge is -2.10. The molecule has 3 rings (SSSR count). The topological polar surface area (TPSA) is 69.0 Å². The molecule has 0 atom stereocenters. The lowest BCUT2D eigenvalue weighted by atomic mass is 10.2. The number of aryl methyl sites for hydroxylation is 1. The summed E-state index contributed by atoms with van der Waals surface area (Å²) in [5, 5.41) is 8.34. The van der Waals surface area contributed by atoms with Crippen LogP contribution in [0.2, 0.25) is 0 Å². The molecular weight excluding hydrogens is 304 g/mol. The molecule has 24 heavy (non-hydrogen) atoms. The van der Waals surface area contributed by atoms with Crippen molar-refractivity contribution in [2.24, 2.45) is 0 Å². The van der Waals surface area contributed by atoms with Gasteiger partial charge in [-0.15, -0.1) is 0 Å². The molecule has 0 bridgehead atoms. The van der Waals surface area contributed by atoms with E-state index >= 15 is 0 Å². The van der Waals surface area contributed by atoms with Gasteiger partial charge in [-0.25, -0.2) is 4.98 Å². The number of carbonyl (C=O) groups is 1. The Bertz CT molecular complexity index is 899. The molecule has 0 saturated heterocycles. The zero-order valence-corrected chi connectivity index (χ0v) is 14.2. The minimum absolute atomic E-state index is 0.262. The van der Waals surface area contributed by atoms with Crippen molar-refractivity contribution < 1.29 is 9.53 Å². The number of nitrogens with zero attached hydrogens (tertiary/aromatic N) is 3. The number of rotatable bonds is 4. The summed E-state index contributed by atoms with van der Waals surface area (Å²) in [7, 11) is 1.57. The van der Waals surface area contributed by atoms with Crippen LogP contribution in [0.4, 0.5) is 5.69 Å². The Labute approximate surface area is 140 Å². The predicted octanol–water partition coefficient (Wildman–Crippen LogP) is 3.58. The fourth-order valence-electron chi connectivity index (χ4n) is 2.46. The van der Waals surface area contributed by atoms with Crippen molar-refractivity contribution in [2.75, 3.05) is 12.4 Å². The number of carbonyl (C=O) groups excluding carboxylic acids is 1. The monoisotopic (exact) mass is 324 g/mol. The van der Waals surface area contributed by atoms with E-state index in [1.807, 2.05) is 42.1 Å². The molecule has 0 radical (unpaired) electrons. The van der Waals surface area contributed by atoms with Crippen LogP contribution in [-0.4, -0.2) is 27.8 Å². The van der Waals surface area contributed by atoms with Gasteiger partial charge in [0.25, 0.3) is 5.91 Å². The van der Waals surface area contributed by atoms with Crippen LogP contribution >= 0.6 is 0 Å². The molecule has 0 unspecified atom stereocenters. The van der Waals surface area contributed by atoms with Crippen molar-refractivity contribution in [1.82, 2.24) is 14.8 Å². The first-order valence-corrected chi connectivity index (χ1v) is 7.80. The van der Waals surface area contributed by atoms with E-state index in [1.54, 1.807) is 13.2 Å². The Hall–Kier alpha value is -2.89. The summed E-state index contributed by atoms with van der Waals surface area (Å²) in [6, 6.07) is 9.30. The number of fused-ring (bicyclic) bond motifs is 1. The number of anilines is 1. The highest BCUT2D eigenvalue weighted by molar-refractivity contribution is 6.05. The molecule has 0 aliphatic carbocycles. The van der Waals surface area contributed by atoms with Crippen molar-refractivity contribution in [1.29, 1.82) is 0 Å². The van der Waals surface area contributed by atoms with Gasteiger partial charge in [-0.1, -0.05) is 6.07 Å². The first-order chi connectivity index (χ1) is 11.5. The highest BCUT2D eigenvalue weighted by Crippen LogP contribution is 2.30. The molecule has 0 fully saturated rings. The first-order valence-electron chi connectivity index (χ1n) is 7.80. The van der Waals surface area contributed by atoms with Crippen molar-refractivity contribution >= 4 is 22.5 Å². The van der Waals surface area contributed by atoms with E-state index in [4.69, 9.17) is 4.74 Å². The third-order valence-corrected chi connectivity index (χ3v) is 3.74. The summed E-state index contributed by atoms with van der Waals surface area (Å²) < 4.78 is 7.29. The van der Waals surface area contributed by atoms with E-state index in [2.05, 4.69) is 29.2 Å². The van der Waals surface area contributed by atoms with Crippen LogP contribution in [0.15, 0.2) is 36.5 Å². The van der Waals surface area contributed by atoms with Gasteiger partial charge in [-0.05, 0) is 39.0 Å². The third kappa shape index (κ3) is 3.08. The highest BCUT2D eigenvalue weighted by Gasteiger charge is 2.14. The number of methoxy groups -OCH3 is 1. The molecule has 2 aromatic heterocycles. The summed E-state index contributed by atoms with van der Waals surface area (Å²) in [5.41, 5.74) is 2.59. The van der Waals surface area contributed by atoms with Crippen LogP contribution in [0.3, 0.4) is 0 Å². The van der Waals surface area contributed by atoms with Gasteiger partial charge in [0.05, 0.1) is 18.3 Å². The maximum Gasteiger partial charge on any atom is 0.274 e. The second-order valence-electron chi connectivity index (χ2n) is 5.93. The van der Waals surface area contributed by atoms with Gasteiger partial charge in [-0.3, -0.25) is 9.48 Å². The van der Waals surface area contributed by atoms with Crippen molar-refractivity contribution in [3.05, 3.63) is 47.9 Å². The molecule has 6 heteroatoms. The molecule has 3 aromatic rings. The molecule has 124 valence electrons. The Morgan fingerprint density at radius 3 is 2.75 bits per heavy atom. The quantitative estimate of drug-likeness (QED) is 0.796. The van der Waals surface area contributed by atoms with Crippen LogP contribution in [-0.2, 0) is 0 Å². The van der Waals surface area contributed by atoms with Gasteiger partial charge >= 0.3 is 0 Å². The van der Waals surface area contributed by atoms with Crippen LogP contribution in [0, 0.1) is 6.92 Å². The van der Waals surface area contributed by atoms with Crippen molar-refractivity contribution in [2.45, 2.75) is 26.8 Å². The van der Waals surface area contributed by atoms with Crippen LogP contribution in [0.5, 0.6) is 5.75 Å². The highest BCUT2D eigenvalue weighted by atomic mass is 16.5. The molecule has 2 heterocycles. The zero-order valence-electron chi connectivity index (χ0n) is 14.2. The molecular formula is C18H20N4O2. The van der Waals surface area contributed by atoms with Crippen LogP contribution in [0.1, 0.15) is 36.1 Å². The smallest absolute Gasteiger partial charge is 0.274 e. The number of hydrogen-bond donors (Lipinski definition) is 1. The summed E-state index contributed by atoms with van der Waals surface area (Å²) in [6.07, 6.45) is 1.96. The molecule has 0 spiro atoms. The predicted molar refractivity (Wildman–Crippen MR) is 93.6 cm³/mol. The van der Waals surface area contributed by atoms with E-state index in [9.17, 15) is 4.79 Å². The normalized spacial score (nSPS) is 11.0. The maximum atomic E-state index is 12.4. The number of ether oxygens (including phenoxy) is 1. The largest absolute Gasteiger partial charge is 0.494 e. The van der Waals surface area contributed by atoms with E-state index in [0.29, 0.717) is 17.1 Å². The van der Waals surface area contributed by atoms with Crippen LogP contribution in [0.25, 0.3) is 10.9 Å². The SMILES string of the molecule is COc1cc2nn(C(C)C)cc2cc1NC(=O)c1cccc(C)n1. The molecule has 0 aliphatic heterocycles. The second-order valence-corrected chi connectivity index (χ2v) is 5.93. The van der Waals surface area contributed by atoms with Gasteiger partial charge < -0.3 is 10.1 Å². The number of amides is 1. The summed E-state index contributed by atoms with van der Waals surface area (Å²) >= 11 is 0. The lowest BCUT2D eigenvalue weighted by Crippen LogP contribution is -2.14. The number of hydrogen-bond acceptors (Lipinski definition) is 4. The van der Waals surface area contributed by atoms with E-state index in [0.717, 1.165) is 16.6 Å². The van der Waals surface area contributed by atoms with E-state index < -0.39 is 0 Å². The number of pyridine rings is 1. The Morgan fingerprint density at radius 1 is 1.29 bits per heavy atom. The first kappa shape index (κ1) is 16.0. The fraction of sp³-hybridized carbons (Fsp3) is 0.278. The Morgan fingerprint density at radius 2 is 2.08 bits per heavy atom. The molecule has 6 nitrogen and oxygen atoms in total. The molecule has 1 amide bonds. The zero-order chi connectivity index (χ0) is 17.3. The summed E-state index contributed by atoms with van der Waals surface area (Å²) in [5.74, 6) is 0.296. The maximum absolute atomic E-state index is 12.4. The lowest BCUT2D eigenvalue weighted by molar-refractivity contribution is 0.102. The minimum atomic E-state index is -0.271. The van der Waals surface area contributed by atoms with Crippen molar-refractivity contribution in [3.63, 3.8) is 0 Å². The number of nitrogens with one attached hydrogen (secondary N) is 1. The molecule has 0 saturated carbocycles. The Balaban J connectivity index is 1.97. The standard InChI is InChI=1S/C18H20N4O2/c1-11(2)22-10-13-8-16(17(24-4)9-15(13)21-22)20-18(23)14-7-5-6-12(3)19-14/h5-11H,1-4H3,(H,20,23). The van der Waals surface area contributed by atoms with E-state index in [1.165, 1.54) is 0 Å². The number of benzene rings is 1. The average molecular weight is 324 g/mol. The third-order valence-electron chi connectivity index (χ3n) is 3.74.